The summed E-state index contributed by atoms with van der Waals surface area (Å²) in [6, 6.07) is 7.45. The summed E-state index contributed by atoms with van der Waals surface area (Å²) in [5, 5.41) is 11.1. The fourth-order valence-electron chi connectivity index (χ4n) is 3.37. The topological polar surface area (TPSA) is 92.0 Å². The molecule has 146 valence electrons. The first-order chi connectivity index (χ1) is 14.2. The van der Waals surface area contributed by atoms with E-state index < -0.39 is 0 Å². The fraction of sp³-hybridized carbons (Fsp3) is 0.286. The monoisotopic (exact) mass is 405 g/mol. The van der Waals surface area contributed by atoms with Crippen molar-refractivity contribution in [3.63, 3.8) is 0 Å². The first-order valence-electron chi connectivity index (χ1n) is 9.34. The second-order valence-corrected chi connectivity index (χ2v) is 7.69. The third kappa shape index (κ3) is 3.96. The van der Waals surface area contributed by atoms with Crippen LogP contribution in [0.15, 0.2) is 42.2 Å². The Hall–Kier alpha value is -3.31. The standard InChI is InChI=1S/C21H19N5O2S/c1-14-15(12-22)5-9-25-20(14)28-16-4-2-10-26(13-16)21(27)18-17(6-11-29-18)19-23-7-3-8-24-19/h3,5-9,11,16H,2,4,10,13H2,1H3/t16-/m1/s1. The van der Waals surface area contributed by atoms with Crippen LogP contribution in [0.2, 0.25) is 0 Å². The Morgan fingerprint density at radius 2 is 2.10 bits per heavy atom. The molecule has 3 aromatic rings. The molecule has 7 nitrogen and oxygen atoms in total. The molecule has 1 amide bonds. The van der Waals surface area contributed by atoms with Crippen molar-refractivity contribution in [3.05, 3.63) is 58.2 Å². The highest BCUT2D eigenvalue weighted by Crippen LogP contribution is 2.28. The quantitative estimate of drug-likeness (QED) is 0.660. The summed E-state index contributed by atoms with van der Waals surface area (Å²) in [6.45, 7) is 2.98. The van der Waals surface area contributed by atoms with Crippen LogP contribution in [0.3, 0.4) is 0 Å². The van der Waals surface area contributed by atoms with Crippen molar-refractivity contribution in [1.29, 1.82) is 5.26 Å². The van der Waals surface area contributed by atoms with Gasteiger partial charge in [0.05, 0.1) is 18.2 Å². The maximum atomic E-state index is 13.2. The number of carbonyl (C=O) groups is 1. The molecule has 0 aromatic carbocycles. The Labute approximate surface area is 172 Å². The highest BCUT2D eigenvalue weighted by atomic mass is 32.1. The zero-order valence-corrected chi connectivity index (χ0v) is 16.7. The van der Waals surface area contributed by atoms with Crippen LogP contribution < -0.4 is 4.74 Å². The van der Waals surface area contributed by atoms with E-state index >= 15 is 0 Å². The molecule has 4 rings (SSSR count). The lowest BCUT2D eigenvalue weighted by Crippen LogP contribution is -2.44. The van der Waals surface area contributed by atoms with Gasteiger partial charge < -0.3 is 9.64 Å². The summed E-state index contributed by atoms with van der Waals surface area (Å²) in [4.78, 5) is 28.4. The van der Waals surface area contributed by atoms with Crippen LogP contribution in [-0.4, -0.2) is 45.0 Å². The average Bonchev–Trinajstić information content (AvgIpc) is 3.25. The molecule has 0 radical (unpaired) electrons. The van der Waals surface area contributed by atoms with E-state index in [0.29, 0.717) is 35.2 Å². The van der Waals surface area contributed by atoms with Gasteiger partial charge in [-0.2, -0.15) is 5.26 Å². The molecule has 8 heteroatoms. The molecule has 1 fully saturated rings. The molecule has 0 N–H and O–H groups in total. The van der Waals surface area contributed by atoms with E-state index in [9.17, 15) is 10.1 Å². The predicted molar refractivity (Wildman–Crippen MR) is 109 cm³/mol. The molecular formula is C21H19N5O2S. The number of ether oxygens (including phenoxy) is 1. The molecule has 0 unspecified atom stereocenters. The van der Waals surface area contributed by atoms with Crippen LogP contribution in [-0.2, 0) is 0 Å². The van der Waals surface area contributed by atoms with Crippen molar-refractivity contribution in [2.75, 3.05) is 13.1 Å². The van der Waals surface area contributed by atoms with E-state index in [1.54, 1.807) is 30.7 Å². The molecule has 0 bridgehead atoms. The summed E-state index contributed by atoms with van der Waals surface area (Å²) < 4.78 is 6.06. The lowest BCUT2D eigenvalue weighted by molar-refractivity contribution is 0.0531. The van der Waals surface area contributed by atoms with Gasteiger partial charge in [0, 0.05) is 36.3 Å². The van der Waals surface area contributed by atoms with E-state index in [-0.39, 0.29) is 12.0 Å². The second-order valence-electron chi connectivity index (χ2n) is 6.77. The molecule has 0 spiro atoms. The van der Waals surface area contributed by atoms with E-state index in [1.165, 1.54) is 11.3 Å². The lowest BCUT2D eigenvalue weighted by Gasteiger charge is -2.32. The van der Waals surface area contributed by atoms with Gasteiger partial charge >= 0.3 is 0 Å². The van der Waals surface area contributed by atoms with E-state index in [1.807, 2.05) is 23.3 Å². The van der Waals surface area contributed by atoms with Gasteiger partial charge in [-0.1, -0.05) is 0 Å². The van der Waals surface area contributed by atoms with Gasteiger partial charge in [-0.3, -0.25) is 4.79 Å². The van der Waals surface area contributed by atoms with Gasteiger partial charge in [0.2, 0.25) is 5.88 Å². The summed E-state index contributed by atoms with van der Waals surface area (Å²) in [7, 11) is 0. The zero-order chi connectivity index (χ0) is 20.2. The number of amides is 1. The molecule has 1 aliphatic heterocycles. The predicted octanol–water partition coefficient (Wildman–Crippen LogP) is 3.46. The van der Waals surface area contributed by atoms with Crippen molar-refractivity contribution in [3.8, 4) is 23.3 Å². The van der Waals surface area contributed by atoms with Crippen LogP contribution in [0.5, 0.6) is 5.88 Å². The summed E-state index contributed by atoms with van der Waals surface area (Å²) in [6.07, 6.45) is 6.43. The van der Waals surface area contributed by atoms with Gasteiger partial charge in [0.1, 0.15) is 11.0 Å². The van der Waals surface area contributed by atoms with Gasteiger partial charge in [-0.25, -0.2) is 15.0 Å². The average molecular weight is 405 g/mol. The molecule has 0 saturated carbocycles. The number of hydrogen-bond donors (Lipinski definition) is 0. The number of piperidine rings is 1. The van der Waals surface area contributed by atoms with Gasteiger partial charge in [-0.05, 0) is 43.3 Å². The minimum absolute atomic E-state index is 0.0359. The summed E-state index contributed by atoms with van der Waals surface area (Å²) >= 11 is 1.40. The number of likely N-dealkylation sites (tertiary alicyclic amines) is 1. The fourth-order valence-corrected chi connectivity index (χ4v) is 4.22. The minimum atomic E-state index is -0.163. The highest BCUT2D eigenvalue weighted by Gasteiger charge is 2.29. The van der Waals surface area contributed by atoms with Crippen LogP contribution >= 0.6 is 11.3 Å². The number of aromatic nitrogens is 3. The minimum Gasteiger partial charge on any atom is -0.472 e. The number of pyridine rings is 1. The van der Waals surface area contributed by atoms with E-state index in [4.69, 9.17) is 4.74 Å². The number of nitriles is 1. The van der Waals surface area contributed by atoms with Gasteiger partial charge in [0.15, 0.2) is 5.82 Å². The van der Waals surface area contributed by atoms with Gasteiger partial charge in [-0.15, -0.1) is 11.3 Å². The first-order valence-corrected chi connectivity index (χ1v) is 10.2. The molecule has 1 aliphatic rings. The molecule has 29 heavy (non-hydrogen) atoms. The SMILES string of the molecule is Cc1c(C#N)ccnc1O[C@@H]1CCCN(C(=O)c2sccc2-c2ncccn2)C1. The largest absolute Gasteiger partial charge is 0.472 e. The third-order valence-electron chi connectivity index (χ3n) is 4.89. The van der Waals surface area contributed by atoms with Crippen molar-refractivity contribution in [2.45, 2.75) is 25.9 Å². The van der Waals surface area contributed by atoms with Crippen molar-refractivity contribution in [1.82, 2.24) is 19.9 Å². The maximum Gasteiger partial charge on any atom is 0.264 e. The molecule has 3 aromatic heterocycles. The van der Waals surface area contributed by atoms with Gasteiger partial charge in [0.25, 0.3) is 5.91 Å². The second kappa shape index (κ2) is 8.37. The molecule has 0 aliphatic carbocycles. The number of nitrogens with zero attached hydrogens (tertiary/aromatic N) is 5. The van der Waals surface area contributed by atoms with Crippen LogP contribution in [0.25, 0.3) is 11.4 Å². The smallest absolute Gasteiger partial charge is 0.264 e. The van der Waals surface area contributed by atoms with Crippen LogP contribution in [0, 0.1) is 18.3 Å². The van der Waals surface area contributed by atoms with E-state index in [2.05, 4.69) is 21.0 Å². The normalized spacial score (nSPS) is 16.3. The summed E-state index contributed by atoms with van der Waals surface area (Å²) in [5.74, 6) is 0.971. The number of thiophene rings is 1. The Bertz CT molecular complexity index is 1060. The van der Waals surface area contributed by atoms with Crippen LogP contribution in [0.4, 0.5) is 0 Å². The highest BCUT2D eigenvalue weighted by molar-refractivity contribution is 7.12. The number of rotatable bonds is 4. The van der Waals surface area contributed by atoms with Crippen molar-refractivity contribution in [2.24, 2.45) is 0 Å². The molecule has 1 saturated heterocycles. The van der Waals surface area contributed by atoms with Crippen molar-refractivity contribution >= 4 is 17.2 Å². The lowest BCUT2D eigenvalue weighted by atomic mass is 10.1. The Morgan fingerprint density at radius 3 is 2.90 bits per heavy atom. The molecule has 4 heterocycles. The third-order valence-corrected chi connectivity index (χ3v) is 5.79. The maximum absolute atomic E-state index is 13.2. The Balaban J connectivity index is 1.51. The number of carbonyl (C=O) groups excluding carboxylic acids is 1. The van der Waals surface area contributed by atoms with E-state index in [0.717, 1.165) is 24.0 Å². The molecule has 1 atom stereocenters. The number of hydrogen-bond acceptors (Lipinski definition) is 7. The first kappa shape index (κ1) is 19.0. The molecular weight excluding hydrogens is 386 g/mol. The zero-order valence-electron chi connectivity index (χ0n) is 15.9. The Kier molecular flexibility index (Phi) is 5.49. The Morgan fingerprint density at radius 1 is 1.28 bits per heavy atom. The van der Waals surface area contributed by atoms with Crippen molar-refractivity contribution < 1.29 is 9.53 Å². The van der Waals surface area contributed by atoms with Crippen LogP contribution in [0.1, 0.15) is 33.6 Å². The summed E-state index contributed by atoms with van der Waals surface area (Å²) in [5.41, 5.74) is 2.02.